The molecule has 1 rings (SSSR count). The lowest BCUT2D eigenvalue weighted by molar-refractivity contribution is 0.200. The van der Waals surface area contributed by atoms with Crippen LogP contribution in [0.25, 0.3) is 0 Å². The van der Waals surface area contributed by atoms with Crippen molar-refractivity contribution < 1.29 is 8.42 Å². The molecule has 0 saturated heterocycles. The van der Waals surface area contributed by atoms with Crippen molar-refractivity contribution in [2.45, 2.75) is 71.1 Å². The second-order valence-corrected chi connectivity index (χ2v) is 10.2. The van der Waals surface area contributed by atoms with Crippen LogP contribution < -0.4 is 5.32 Å². The maximum absolute atomic E-state index is 12.0. The molecule has 0 aromatic carbocycles. The van der Waals surface area contributed by atoms with Crippen LogP contribution in [-0.2, 0) is 9.84 Å². The molecule has 18 heavy (non-hydrogen) atoms. The highest BCUT2D eigenvalue weighted by Crippen LogP contribution is 2.35. The number of rotatable bonds is 4. The van der Waals surface area contributed by atoms with Crippen molar-refractivity contribution in [3.63, 3.8) is 0 Å². The summed E-state index contributed by atoms with van der Waals surface area (Å²) in [6, 6.07) is 0.490. The van der Waals surface area contributed by atoms with Crippen LogP contribution in [0.3, 0.4) is 0 Å². The van der Waals surface area contributed by atoms with Gasteiger partial charge in [-0.2, -0.15) is 0 Å². The lowest BCUT2D eigenvalue weighted by Crippen LogP contribution is -2.41. The quantitative estimate of drug-likeness (QED) is 0.858. The van der Waals surface area contributed by atoms with Crippen LogP contribution >= 0.6 is 0 Å². The van der Waals surface area contributed by atoms with Gasteiger partial charge < -0.3 is 5.32 Å². The standard InChI is InChI=1S/C14H29NO2S/c1-13(2,3)18(16,17)10-9-15-12-7-6-8-14(4,5)11-12/h12,15H,6-11H2,1-5H3. The number of nitrogens with one attached hydrogen (secondary N) is 1. The minimum absolute atomic E-state index is 0.243. The SMILES string of the molecule is CC1(C)CCCC(NCCS(=O)(=O)C(C)(C)C)C1. The molecule has 1 fully saturated rings. The van der Waals surface area contributed by atoms with Crippen molar-refractivity contribution in [2.24, 2.45) is 5.41 Å². The maximum Gasteiger partial charge on any atom is 0.156 e. The van der Waals surface area contributed by atoms with Gasteiger partial charge in [-0.05, 0) is 45.4 Å². The molecule has 4 heteroatoms. The van der Waals surface area contributed by atoms with E-state index >= 15 is 0 Å². The van der Waals surface area contributed by atoms with E-state index in [1.54, 1.807) is 20.8 Å². The van der Waals surface area contributed by atoms with E-state index in [4.69, 9.17) is 0 Å². The summed E-state index contributed by atoms with van der Waals surface area (Å²) in [6.07, 6.45) is 4.86. The normalized spacial score (nSPS) is 25.1. The molecule has 0 aromatic rings. The van der Waals surface area contributed by atoms with Crippen molar-refractivity contribution in [2.75, 3.05) is 12.3 Å². The first-order valence-corrected chi connectivity index (χ1v) is 8.64. The zero-order valence-corrected chi connectivity index (χ0v) is 13.4. The van der Waals surface area contributed by atoms with Gasteiger partial charge in [-0.3, -0.25) is 0 Å². The summed E-state index contributed by atoms with van der Waals surface area (Å²) in [4.78, 5) is 0. The van der Waals surface area contributed by atoms with Gasteiger partial charge in [-0.1, -0.05) is 20.3 Å². The molecular formula is C14H29NO2S. The Morgan fingerprint density at radius 1 is 1.28 bits per heavy atom. The van der Waals surface area contributed by atoms with Crippen LogP contribution in [0, 0.1) is 5.41 Å². The van der Waals surface area contributed by atoms with Gasteiger partial charge in [-0.25, -0.2) is 8.42 Å². The van der Waals surface area contributed by atoms with Crippen LogP contribution in [-0.4, -0.2) is 31.5 Å². The molecule has 0 radical (unpaired) electrons. The predicted octanol–water partition coefficient (Wildman–Crippen LogP) is 2.76. The summed E-state index contributed by atoms with van der Waals surface area (Å²) in [5.74, 6) is 0.243. The highest BCUT2D eigenvalue weighted by atomic mass is 32.2. The second-order valence-electron chi connectivity index (χ2n) is 7.34. The zero-order chi connectivity index (χ0) is 14.0. The Bertz CT molecular complexity index is 366. The summed E-state index contributed by atoms with van der Waals surface area (Å²) in [6.45, 7) is 10.5. The van der Waals surface area contributed by atoms with E-state index in [9.17, 15) is 8.42 Å². The average molecular weight is 275 g/mol. The van der Waals surface area contributed by atoms with Gasteiger partial charge in [0.05, 0.1) is 10.5 Å². The van der Waals surface area contributed by atoms with Gasteiger partial charge in [0.1, 0.15) is 0 Å². The third-order valence-corrected chi connectivity index (χ3v) is 6.55. The van der Waals surface area contributed by atoms with Gasteiger partial charge in [0.15, 0.2) is 9.84 Å². The molecule has 1 atom stereocenters. The van der Waals surface area contributed by atoms with E-state index in [-0.39, 0.29) is 5.75 Å². The van der Waals surface area contributed by atoms with Gasteiger partial charge in [-0.15, -0.1) is 0 Å². The Labute approximate surface area is 113 Å². The Kier molecular flexibility index (Phi) is 4.87. The minimum atomic E-state index is -2.99. The molecule has 1 aliphatic carbocycles. The molecule has 0 aromatic heterocycles. The molecular weight excluding hydrogens is 246 g/mol. The third kappa shape index (κ3) is 4.54. The first kappa shape index (κ1) is 16.0. The highest BCUT2D eigenvalue weighted by Gasteiger charge is 2.30. The molecule has 1 unspecified atom stereocenters. The van der Waals surface area contributed by atoms with E-state index in [0.29, 0.717) is 18.0 Å². The summed E-state index contributed by atoms with van der Waals surface area (Å²) in [7, 11) is -2.99. The van der Waals surface area contributed by atoms with Crippen LogP contribution in [0.4, 0.5) is 0 Å². The van der Waals surface area contributed by atoms with E-state index < -0.39 is 14.6 Å². The Balaban J connectivity index is 2.39. The lowest BCUT2D eigenvalue weighted by atomic mass is 9.75. The van der Waals surface area contributed by atoms with Gasteiger partial charge in [0, 0.05) is 12.6 Å². The fourth-order valence-electron chi connectivity index (χ4n) is 2.58. The first-order valence-electron chi connectivity index (χ1n) is 6.99. The predicted molar refractivity (Wildman–Crippen MR) is 77.6 cm³/mol. The summed E-state index contributed by atoms with van der Waals surface area (Å²) in [5.41, 5.74) is 0.402. The molecule has 0 bridgehead atoms. The van der Waals surface area contributed by atoms with Gasteiger partial charge in [0.25, 0.3) is 0 Å². The highest BCUT2D eigenvalue weighted by molar-refractivity contribution is 7.92. The van der Waals surface area contributed by atoms with Crippen molar-refractivity contribution in [3.8, 4) is 0 Å². The Morgan fingerprint density at radius 3 is 2.39 bits per heavy atom. The van der Waals surface area contributed by atoms with Crippen molar-refractivity contribution >= 4 is 9.84 Å². The van der Waals surface area contributed by atoms with Crippen molar-refractivity contribution in [3.05, 3.63) is 0 Å². The number of sulfone groups is 1. The van der Waals surface area contributed by atoms with Crippen molar-refractivity contribution in [1.82, 2.24) is 5.32 Å². The summed E-state index contributed by atoms with van der Waals surface area (Å²) in [5, 5.41) is 3.43. The van der Waals surface area contributed by atoms with E-state index in [2.05, 4.69) is 19.2 Å². The second kappa shape index (κ2) is 5.49. The molecule has 1 aliphatic rings. The van der Waals surface area contributed by atoms with Crippen LogP contribution in [0.2, 0.25) is 0 Å². The first-order chi connectivity index (χ1) is 8.04. The topological polar surface area (TPSA) is 46.2 Å². The van der Waals surface area contributed by atoms with Crippen molar-refractivity contribution in [1.29, 1.82) is 0 Å². The van der Waals surface area contributed by atoms with Gasteiger partial charge >= 0.3 is 0 Å². The molecule has 3 nitrogen and oxygen atoms in total. The Hall–Kier alpha value is -0.0900. The summed E-state index contributed by atoms with van der Waals surface area (Å²) < 4.78 is 23.3. The third-order valence-electron chi connectivity index (χ3n) is 3.94. The minimum Gasteiger partial charge on any atom is -0.313 e. The number of hydrogen-bond acceptors (Lipinski definition) is 3. The molecule has 0 amide bonds. The monoisotopic (exact) mass is 275 g/mol. The fraction of sp³-hybridized carbons (Fsp3) is 1.00. The number of hydrogen-bond donors (Lipinski definition) is 1. The fourth-order valence-corrected chi connectivity index (χ4v) is 3.57. The van der Waals surface area contributed by atoms with Crippen LogP contribution in [0.15, 0.2) is 0 Å². The smallest absolute Gasteiger partial charge is 0.156 e. The van der Waals surface area contributed by atoms with E-state index in [1.807, 2.05) is 0 Å². The van der Waals surface area contributed by atoms with Crippen LogP contribution in [0.5, 0.6) is 0 Å². The van der Waals surface area contributed by atoms with Crippen LogP contribution in [0.1, 0.15) is 60.3 Å². The maximum atomic E-state index is 12.0. The molecule has 0 heterocycles. The molecule has 1 saturated carbocycles. The molecule has 0 spiro atoms. The molecule has 0 aliphatic heterocycles. The summed E-state index contributed by atoms with van der Waals surface area (Å²) >= 11 is 0. The lowest BCUT2D eigenvalue weighted by Gasteiger charge is -2.35. The molecule has 1 N–H and O–H groups in total. The van der Waals surface area contributed by atoms with E-state index in [1.165, 1.54) is 19.3 Å². The Morgan fingerprint density at radius 2 is 1.89 bits per heavy atom. The average Bonchev–Trinajstić information content (AvgIpc) is 2.13. The molecule has 108 valence electrons. The van der Waals surface area contributed by atoms with Gasteiger partial charge in [0.2, 0.25) is 0 Å². The van der Waals surface area contributed by atoms with E-state index in [0.717, 1.165) is 6.42 Å². The zero-order valence-electron chi connectivity index (χ0n) is 12.5. The largest absolute Gasteiger partial charge is 0.313 e.